The highest BCUT2D eigenvalue weighted by Crippen LogP contribution is 2.24. The number of rotatable bonds is 4. The number of sulfonamides is 1. The summed E-state index contributed by atoms with van der Waals surface area (Å²) in [5.74, 6) is -5.47. The minimum Gasteiger partial charge on any atom is -0.326 e. The van der Waals surface area contributed by atoms with Gasteiger partial charge in [0.05, 0.1) is 5.69 Å². The molecule has 2 rings (SSSR count). The molecule has 0 heterocycles. The molecule has 5 nitrogen and oxygen atoms in total. The zero-order valence-corrected chi connectivity index (χ0v) is 15.0. The Morgan fingerprint density at radius 1 is 0.962 bits per heavy atom. The summed E-state index contributed by atoms with van der Waals surface area (Å²) in [5, 5.41) is 2.62. The minimum atomic E-state index is -4.50. The molecule has 0 saturated carbocycles. The normalized spacial score (nSPS) is 11.9. The van der Waals surface area contributed by atoms with Gasteiger partial charge in [-0.2, -0.15) is 0 Å². The third-order valence-electron chi connectivity index (χ3n) is 3.34. The van der Waals surface area contributed by atoms with Crippen LogP contribution in [-0.2, 0) is 14.8 Å². The maximum Gasteiger partial charge on any atom is 0.264 e. The lowest BCUT2D eigenvalue weighted by molar-refractivity contribution is -0.123. The van der Waals surface area contributed by atoms with E-state index in [-0.39, 0.29) is 11.6 Å². The maximum absolute atomic E-state index is 13.8. The number of nitrogens with one attached hydrogen (secondary N) is 2. The fraction of sp³-hybridized carbons (Fsp3) is 0.235. The molecule has 0 aliphatic heterocycles. The third kappa shape index (κ3) is 4.34. The highest BCUT2D eigenvalue weighted by Gasteiger charge is 2.25. The Hall–Kier alpha value is -2.55. The highest BCUT2D eigenvalue weighted by atomic mass is 32.2. The molecule has 140 valence electrons. The molecule has 0 aromatic heterocycles. The second kappa shape index (κ2) is 6.99. The summed E-state index contributed by atoms with van der Waals surface area (Å²) in [6.07, 6.45) is 0. The van der Waals surface area contributed by atoms with Crippen molar-refractivity contribution in [1.29, 1.82) is 0 Å². The number of halogens is 3. The van der Waals surface area contributed by atoms with E-state index in [1.54, 1.807) is 26.8 Å². The standard InChI is InChI=1S/C17H17F3N2O3S/c1-17(2,3)16(23)21-10-5-4-6-11(9-10)22-26(24,25)13-8-7-12(18)14(19)15(13)20/h4-9,22H,1-3H3,(H,21,23). The Morgan fingerprint density at radius 2 is 1.58 bits per heavy atom. The van der Waals surface area contributed by atoms with Crippen molar-refractivity contribution >= 4 is 27.3 Å². The molecule has 0 fully saturated rings. The number of hydrogen-bond donors (Lipinski definition) is 2. The predicted octanol–water partition coefficient (Wildman–Crippen LogP) is 3.89. The van der Waals surface area contributed by atoms with E-state index in [9.17, 15) is 26.4 Å². The van der Waals surface area contributed by atoms with Gasteiger partial charge in [-0.25, -0.2) is 21.6 Å². The Morgan fingerprint density at radius 3 is 2.19 bits per heavy atom. The molecule has 26 heavy (non-hydrogen) atoms. The van der Waals surface area contributed by atoms with Crippen molar-refractivity contribution in [2.24, 2.45) is 5.41 Å². The van der Waals surface area contributed by atoms with Crippen molar-refractivity contribution < 1.29 is 26.4 Å². The molecule has 0 spiro atoms. The molecular weight excluding hydrogens is 369 g/mol. The van der Waals surface area contributed by atoms with Crippen LogP contribution in [0, 0.1) is 22.9 Å². The lowest BCUT2D eigenvalue weighted by Gasteiger charge is -2.18. The van der Waals surface area contributed by atoms with Gasteiger partial charge in [0, 0.05) is 11.1 Å². The van der Waals surface area contributed by atoms with E-state index in [1.165, 1.54) is 18.2 Å². The van der Waals surface area contributed by atoms with Gasteiger partial charge < -0.3 is 5.32 Å². The molecule has 2 aromatic rings. The first-order valence-corrected chi connectivity index (χ1v) is 8.98. The third-order valence-corrected chi connectivity index (χ3v) is 4.74. The number of carbonyl (C=O) groups is 1. The van der Waals surface area contributed by atoms with Crippen molar-refractivity contribution in [3.05, 3.63) is 53.8 Å². The summed E-state index contributed by atoms with van der Waals surface area (Å²) in [4.78, 5) is 11.0. The summed E-state index contributed by atoms with van der Waals surface area (Å²) in [6.45, 7) is 5.13. The molecule has 0 aliphatic carbocycles. The first-order chi connectivity index (χ1) is 11.9. The second-order valence-electron chi connectivity index (χ2n) is 6.56. The summed E-state index contributed by atoms with van der Waals surface area (Å²) < 4.78 is 66.6. The summed E-state index contributed by atoms with van der Waals surface area (Å²) in [5.41, 5.74) is -0.332. The van der Waals surface area contributed by atoms with Crippen LogP contribution in [0.25, 0.3) is 0 Å². The van der Waals surface area contributed by atoms with Gasteiger partial charge in [0.25, 0.3) is 10.0 Å². The van der Waals surface area contributed by atoms with E-state index in [2.05, 4.69) is 10.0 Å². The van der Waals surface area contributed by atoms with E-state index in [4.69, 9.17) is 0 Å². The SMILES string of the molecule is CC(C)(C)C(=O)Nc1cccc(NS(=O)(=O)c2ccc(F)c(F)c2F)c1. The van der Waals surface area contributed by atoms with Gasteiger partial charge in [-0.3, -0.25) is 9.52 Å². The average Bonchev–Trinajstić information content (AvgIpc) is 2.51. The number of hydrogen-bond acceptors (Lipinski definition) is 3. The lowest BCUT2D eigenvalue weighted by atomic mass is 9.95. The van der Waals surface area contributed by atoms with Crippen LogP contribution in [0.1, 0.15) is 20.8 Å². The number of amides is 1. The van der Waals surface area contributed by atoms with Gasteiger partial charge in [0.2, 0.25) is 5.91 Å². The van der Waals surface area contributed by atoms with Crippen LogP contribution in [0.5, 0.6) is 0 Å². The van der Waals surface area contributed by atoms with Gasteiger partial charge in [0.15, 0.2) is 17.5 Å². The molecular formula is C17H17F3N2O3S. The maximum atomic E-state index is 13.8. The predicted molar refractivity (Wildman–Crippen MR) is 91.7 cm³/mol. The van der Waals surface area contributed by atoms with Crippen LogP contribution in [-0.4, -0.2) is 14.3 Å². The Labute approximate surface area is 149 Å². The Balaban J connectivity index is 2.30. The molecule has 9 heteroatoms. The molecule has 2 aromatic carbocycles. The zero-order chi connectivity index (χ0) is 19.7. The molecule has 0 atom stereocenters. The van der Waals surface area contributed by atoms with Crippen molar-refractivity contribution in [3.8, 4) is 0 Å². The van der Waals surface area contributed by atoms with E-state index in [0.717, 1.165) is 0 Å². The largest absolute Gasteiger partial charge is 0.326 e. The minimum absolute atomic E-state index is 0.0147. The first kappa shape index (κ1) is 19.8. The molecule has 0 radical (unpaired) electrons. The van der Waals surface area contributed by atoms with Crippen LogP contribution >= 0.6 is 0 Å². The van der Waals surface area contributed by atoms with Crippen LogP contribution in [0.15, 0.2) is 41.3 Å². The molecule has 0 saturated heterocycles. The molecule has 0 unspecified atom stereocenters. The van der Waals surface area contributed by atoms with Gasteiger partial charge >= 0.3 is 0 Å². The Kier molecular flexibility index (Phi) is 5.31. The second-order valence-corrected chi connectivity index (χ2v) is 8.21. The molecule has 2 N–H and O–H groups in total. The van der Waals surface area contributed by atoms with Crippen molar-refractivity contribution in [3.63, 3.8) is 0 Å². The van der Waals surface area contributed by atoms with Crippen molar-refractivity contribution in [2.45, 2.75) is 25.7 Å². The fourth-order valence-corrected chi connectivity index (χ4v) is 3.02. The van der Waals surface area contributed by atoms with E-state index in [0.29, 0.717) is 17.8 Å². The monoisotopic (exact) mass is 386 g/mol. The van der Waals surface area contributed by atoms with Crippen LogP contribution in [0.2, 0.25) is 0 Å². The van der Waals surface area contributed by atoms with Crippen LogP contribution < -0.4 is 10.0 Å². The summed E-state index contributed by atoms with van der Waals surface area (Å²) in [6, 6.07) is 6.84. The molecule has 1 amide bonds. The average molecular weight is 386 g/mol. The first-order valence-electron chi connectivity index (χ1n) is 7.49. The van der Waals surface area contributed by atoms with E-state index >= 15 is 0 Å². The smallest absolute Gasteiger partial charge is 0.264 e. The molecule has 0 bridgehead atoms. The van der Waals surface area contributed by atoms with Crippen LogP contribution in [0.3, 0.4) is 0 Å². The topological polar surface area (TPSA) is 75.3 Å². The van der Waals surface area contributed by atoms with Gasteiger partial charge in [-0.15, -0.1) is 0 Å². The van der Waals surface area contributed by atoms with Gasteiger partial charge in [-0.1, -0.05) is 26.8 Å². The summed E-state index contributed by atoms with van der Waals surface area (Å²) >= 11 is 0. The summed E-state index contributed by atoms with van der Waals surface area (Å²) in [7, 11) is -4.50. The number of anilines is 2. The zero-order valence-electron chi connectivity index (χ0n) is 14.2. The van der Waals surface area contributed by atoms with Crippen molar-refractivity contribution in [2.75, 3.05) is 10.0 Å². The van der Waals surface area contributed by atoms with Gasteiger partial charge in [-0.05, 0) is 30.3 Å². The van der Waals surface area contributed by atoms with Gasteiger partial charge in [0.1, 0.15) is 4.90 Å². The molecule has 0 aliphatic rings. The highest BCUT2D eigenvalue weighted by molar-refractivity contribution is 7.92. The van der Waals surface area contributed by atoms with E-state index in [1.807, 2.05) is 0 Å². The van der Waals surface area contributed by atoms with Crippen LogP contribution in [0.4, 0.5) is 24.5 Å². The van der Waals surface area contributed by atoms with E-state index < -0.39 is 37.8 Å². The lowest BCUT2D eigenvalue weighted by Crippen LogP contribution is -2.27. The van der Waals surface area contributed by atoms with Crippen molar-refractivity contribution in [1.82, 2.24) is 0 Å². The quantitative estimate of drug-likeness (QED) is 0.783. The number of carbonyl (C=O) groups excluding carboxylic acids is 1. The fourth-order valence-electron chi connectivity index (χ4n) is 1.90. The Bertz CT molecular complexity index is 954. The number of benzene rings is 2.